The molecule has 7 heteroatoms. The summed E-state index contributed by atoms with van der Waals surface area (Å²) in [5.74, 6) is 0.461. The Morgan fingerprint density at radius 1 is 1.61 bits per heavy atom. The quantitative estimate of drug-likeness (QED) is 0.675. The lowest BCUT2D eigenvalue weighted by Crippen LogP contribution is -2.58. The molecule has 0 aromatic heterocycles. The van der Waals surface area contributed by atoms with Gasteiger partial charge in [-0.1, -0.05) is 0 Å². The topological polar surface area (TPSA) is 84.7 Å². The zero-order valence-corrected chi connectivity index (χ0v) is 11.7. The minimum Gasteiger partial charge on any atom is -0.377 e. The van der Waals surface area contributed by atoms with Crippen LogP contribution in [0.1, 0.15) is 6.42 Å². The molecule has 2 atom stereocenters. The molecule has 0 spiro atoms. The number of nitrogens with two attached hydrogens (primary N) is 1. The first-order valence-corrected chi connectivity index (χ1v) is 7.35. The summed E-state index contributed by atoms with van der Waals surface area (Å²) in [6.07, 6.45) is 2.59. The van der Waals surface area contributed by atoms with Crippen molar-refractivity contribution >= 4 is 23.6 Å². The number of morpholine rings is 1. The summed E-state index contributed by atoms with van der Waals surface area (Å²) in [4.78, 5) is 25.4. The first-order chi connectivity index (χ1) is 8.61. The number of nitrogens with zero attached hydrogens (tertiary/aromatic N) is 1. The average Bonchev–Trinajstić information content (AvgIpc) is 2.43. The van der Waals surface area contributed by atoms with E-state index in [0.29, 0.717) is 19.6 Å². The van der Waals surface area contributed by atoms with E-state index in [9.17, 15) is 9.59 Å². The second kappa shape index (κ2) is 7.60. The fourth-order valence-corrected chi connectivity index (χ4v) is 2.32. The Bertz CT molecular complexity index is 301. The molecule has 0 saturated carbocycles. The molecule has 1 fully saturated rings. The van der Waals surface area contributed by atoms with E-state index in [0.717, 1.165) is 5.75 Å². The van der Waals surface area contributed by atoms with Crippen LogP contribution in [0.25, 0.3) is 0 Å². The third kappa shape index (κ3) is 3.86. The van der Waals surface area contributed by atoms with Crippen LogP contribution in [0.5, 0.6) is 0 Å². The van der Waals surface area contributed by atoms with Gasteiger partial charge in [0.1, 0.15) is 6.04 Å². The minimum atomic E-state index is -0.559. The van der Waals surface area contributed by atoms with Crippen LogP contribution in [0.15, 0.2) is 0 Å². The lowest BCUT2D eigenvalue weighted by Gasteiger charge is -2.35. The maximum absolute atomic E-state index is 12.2. The smallest absolute Gasteiger partial charge is 0.244 e. The lowest BCUT2D eigenvalue weighted by molar-refractivity contribution is -0.149. The van der Waals surface area contributed by atoms with E-state index < -0.39 is 12.1 Å². The van der Waals surface area contributed by atoms with Crippen molar-refractivity contribution in [1.82, 2.24) is 10.2 Å². The number of nitrogens with one attached hydrogen (secondary N) is 1. The lowest BCUT2D eigenvalue weighted by atomic mass is 10.1. The van der Waals surface area contributed by atoms with Gasteiger partial charge in [-0.15, -0.1) is 0 Å². The van der Waals surface area contributed by atoms with Crippen LogP contribution in [-0.4, -0.2) is 67.6 Å². The third-order valence-electron chi connectivity index (χ3n) is 2.91. The molecule has 0 aromatic rings. The second-order valence-electron chi connectivity index (χ2n) is 4.12. The Morgan fingerprint density at radius 2 is 2.33 bits per heavy atom. The van der Waals surface area contributed by atoms with Crippen LogP contribution in [-0.2, 0) is 14.3 Å². The molecule has 1 unspecified atom stereocenters. The first-order valence-electron chi connectivity index (χ1n) is 5.96. The van der Waals surface area contributed by atoms with Crippen molar-refractivity contribution in [3.63, 3.8) is 0 Å². The highest BCUT2D eigenvalue weighted by Gasteiger charge is 2.34. The highest BCUT2D eigenvalue weighted by Crippen LogP contribution is 2.11. The average molecular weight is 275 g/mol. The van der Waals surface area contributed by atoms with Crippen LogP contribution in [0.4, 0.5) is 0 Å². The summed E-state index contributed by atoms with van der Waals surface area (Å²) in [5, 5.41) is 2.54. The fourth-order valence-electron chi connectivity index (χ4n) is 1.83. The van der Waals surface area contributed by atoms with Crippen molar-refractivity contribution in [2.24, 2.45) is 5.73 Å². The van der Waals surface area contributed by atoms with E-state index in [2.05, 4.69) is 5.32 Å². The largest absolute Gasteiger partial charge is 0.377 e. The summed E-state index contributed by atoms with van der Waals surface area (Å²) in [5.41, 5.74) is 5.86. The van der Waals surface area contributed by atoms with Crippen LogP contribution < -0.4 is 11.1 Å². The van der Waals surface area contributed by atoms with Gasteiger partial charge in [-0.05, 0) is 18.4 Å². The van der Waals surface area contributed by atoms with E-state index in [-0.39, 0.29) is 18.4 Å². The van der Waals surface area contributed by atoms with Gasteiger partial charge in [0.15, 0.2) is 0 Å². The van der Waals surface area contributed by atoms with Gasteiger partial charge in [0, 0.05) is 13.6 Å². The molecule has 3 N–H and O–H groups in total. The maximum atomic E-state index is 12.2. The molecule has 0 radical (unpaired) electrons. The van der Waals surface area contributed by atoms with Crippen molar-refractivity contribution in [1.29, 1.82) is 0 Å². The minimum absolute atomic E-state index is 0.166. The number of thioether (sulfide) groups is 1. The van der Waals surface area contributed by atoms with Crippen molar-refractivity contribution in [3.05, 3.63) is 0 Å². The number of hydrogen-bond acceptors (Lipinski definition) is 5. The number of rotatable bonds is 5. The van der Waals surface area contributed by atoms with E-state index in [4.69, 9.17) is 10.5 Å². The SMILES string of the molecule is CNC(=O)C1COCCN1C(=O)[C@H](N)CCSC. The molecule has 1 aliphatic heterocycles. The molecule has 0 aromatic carbocycles. The number of likely N-dealkylation sites (N-methyl/N-ethyl adjacent to an activating group) is 1. The zero-order valence-electron chi connectivity index (χ0n) is 10.8. The van der Waals surface area contributed by atoms with E-state index in [1.165, 1.54) is 4.90 Å². The molecule has 1 aliphatic rings. The van der Waals surface area contributed by atoms with Crippen molar-refractivity contribution < 1.29 is 14.3 Å². The molecular weight excluding hydrogens is 254 g/mol. The number of hydrogen-bond donors (Lipinski definition) is 2. The summed E-state index contributed by atoms with van der Waals surface area (Å²) < 4.78 is 5.25. The van der Waals surface area contributed by atoms with Crippen molar-refractivity contribution in [3.8, 4) is 0 Å². The van der Waals surface area contributed by atoms with Crippen LogP contribution >= 0.6 is 11.8 Å². The summed E-state index contributed by atoms with van der Waals surface area (Å²) in [6.45, 7) is 1.11. The maximum Gasteiger partial charge on any atom is 0.244 e. The molecular formula is C11H21N3O3S. The predicted molar refractivity (Wildman–Crippen MR) is 71.4 cm³/mol. The van der Waals surface area contributed by atoms with Gasteiger partial charge in [0.05, 0.1) is 19.3 Å². The summed E-state index contributed by atoms with van der Waals surface area (Å²) in [6, 6.07) is -1.10. The van der Waals surface area contributed by atoms with Crippen molar-refractivity contribution in [2.45, 2.75) is 18.5 Å². The Morgan fingerprint density at radius 3 is 2.94 bits per heavy atom. The van der Waals surface area contributed by atoms with Gasteiger partial charge in [-0.2, -0.15) is 11.8 Å². The van der Waals surface area contributed by atoms with Crippen LogP contribution in [0, 0.1) is 0 Å². The molecule has 1 rings (SSSR count). The van der Waals surface area contributed by atoms with Crippen molar-refractivity contribution in [2.75, 3.05) is 38.8 Å². The highest BCUT2D eigenvalue weighted by molar-refractivity contribution is 7.98. The second-order valence-corrected chi connectivity index (χ2v) is 5.11. The number of carbonyl (C=O) groups excluding carboxylic acids is 2. The molecule has 0 bridgehead atoms. The van der Waals surface area contributed by atoms with Gasteiger partial charge in [0.2, 0.25) is 11.8 Å². The number of carbonyl (C=O) groups is 2. The molecule has 1 saturated heterocycles. The van der Waals surface area contributed by atoms with Crippen LogP contribution in [0.2, 0.25) is 0 Å². The van der Waals surface area contributed by atoms with E-state index in [1.54, 1.807) is 18.8 Å². The summed E-state index contributed by atoms with van der Waals surface area (Å²) >= 11 is 1.65. The van der Waals surface area contributed by atoms with Gasteiger partial charge in [0.25, 0.3) is 0 Å². The van der Waals surface area contributed by atoms with E-state index >= 15 is 0 Å². The van der Waals surface area contributed by atoms with E-state index in [1.807, 2.05) is 6.26 Å². The molecule has 0 aliphatic carbocycles. The predicted octanol–water partition coefficient (Wildman–Crippen LogP) is -0.960. The molecule has 18 heavy (non-hydrogen) atoms. The Hall–Kier alpha value is -0.790. The molecule has 104 valence electrons. The van der Waals surface area contributed by atoms with Crippen LogP contribution in [0.3, 0.4) is 0 Å². The van der Waals surface area contributed by atoms with Gasteiger partial charge >= 0.3 is 0 Å². The fraction of sp³-hybridized carbons (Fsp3) is 0.818. The monoisotopic (exact) mass is 275 g/mol. The third-order valence-corrected chi connectivity index (χ3v) is 3.55. The molecule has 6 nitrogen and oxygen atoms in total. The Labute approximate surface area is 112 Å². The molecule has 2 amide bonds. The first kappa shape index (κ1) is 15.3. The Balaban J connectivity index is 2.64. The summed E-state index contributed by atoms with van der Waals surface area (Å²) in [7, 11) is 1.55. The van der Waals surface area contributed by atoms with Gasteiger partial charge in [-0.3, -0.25) is 9.59 Å². The van der Waals surface area contributed by atoms with Gasteiger partial charge in [-0.25, -0.2) is 0 Å². The molecule has 1 heterocycles. The zero-order chi connectivity index (χ0) is 13.5. The normalized spacial score (nSPS) is 21.5. The highest BCUT2D eigenvalue weighted by atomic mass is 32.2. The Kier molecular flexibility index (Phi) is 6.45. The number of ether oxygens (including phenoxy) is 1. The van der Waals surface area contributed by atoms with Gasteiger partial charge < -0.3 is 20.7 Å². The number of amides is 2. The standard InChI is InChI=1S/C11H21N3O3S/c1-13-10(15)9-7-17-5-4-14(9)11(16)8(12)3-6-18-2/h8-9H,3-7,12H2,1-2H3,(H,13,15)/t8-,9?/m1/s1.